The summed E-state index contributed by atoms with van der Waals surface area (Å²) in [5.41, 5.74) is 8.85. The molecule has 0 fully saturated rings. The van der Waals surface area contributed by atoms with Crippen LogP contribution < -0.4 is 15.2 Å². The molecule has 2 N–H and O–H groups in total. The van der Waals surface area contributed by atoms with E-state index in [0.29, 0.717) is 6.42 Å². The molecule has 5 heteroatoms. The standard InChI is InChI=1S/C22H23NO4/c1-25-19-11-6-12-20(26-2)21(19)17-10-5-8-15-14(7-4-9-16(15)17)13-18(23)22(24)27-3/h4-12,18H,13,23H2,1-3H3/t18-/m0/s1. The van der Waals surface area contributed by atoms with E-state index in [0.717, 1.165) is 39.0 Å². The van der Waals surface area contributed by atoms with Gasteiger partial charge in [0.05, 0.1) is 26.9 Å². The lowest BCUT2D eigenvalue weighted by Crippen LogP contribution is -2.33. The highest BCUT2D eigenvalue weighted by Gasteiger charge is 2.18. The van der Waals surface area contributed by atoms with Gasteiger partial charge in [-0.1, -0.05) is 42.5 Å². The van der Waals surface area contributed by atoms with Crippen LogP contribution in [0.1, 0.15) is 5.56 Å². The van der Waals surface area contributed by atoms with Crippen molar-refractivity contribution in [3.05, 3.63) is 60.2 Å². The summed E-state index contributed by atoms with van der Waals surface area (Å²) in [6.45, 7) is 0. The van der Waals surface area contributed by atoms with E-state index in [9.17, 15) is 4.79 Å². The van der Waals surface area contributed by atoms with Crippen molar-refractivity contribution in [3.8, 4) is 22.6 Å². The molecule has 0 aromatic heterocycles. The van der Waals surface area contributed by atoms with Crippen LogP contribution in [0, 0.1) is 0 Å². The molecule has 0 aliphatic carbocycles. The molecule has 5 nitrogen and oxygen atoms in total. The molecule has 0 saturated carbocycles. The summed E-state index contributed by atoms with van der Waals surface area (Å²) in [5.74, 6) is 1.05. The Morgan fingerprint density at radius 1 is 0.889 bits per heavy atom. The van der Waals surface area contributed by atoms with E-state index in [1.54, 1.807) is 14.2 Å². The summed E-state index contributed by atoms with van der Waals surface area (Å²) in [5, 5.41) is 2.07. The number of methoxy groups -OCH3 is 3. The topological polar surface area (TPSA) is 70.8 Å². The molecule has 0 heterocycles. The van der Waals surface area contributed by atoms with Gasteiger partial charge in [-0.15, -0.1) is 0 Å². The number of rotatable bonds is 6. The van der Waals surface area contributed by atoms with Crippen molar-refractivity contribution in [1.82, 2.24) is 0 Å². The predicted octanol–water partition coefficient (Wildman–Crippen LogP) is 3.57. The number of benzene rings is 3. The van der Waals surface area contributed by atoms with E-state index in [1.807, 2.05) is 54.6 Å². The van der Waals surface area contributed by atoms with Crippen molar-refractivity contribution >= 4 is 16.7 Å². The normalized spacial score (nSPS) is 11.9. The van der Waals surface area contributed by atoms with Gasteiger partial charge in [0.25, 0.3) is 0 Å². The number of esters is 1. The minimum atomic E-state index is -0.704. The number of carbonyl (C=O) groups excluding carboxylic acids is 1. The van der Waals surface area contributed by atoms with Crippen LogP contribution in [0.4, 0.5) is 0 Å². The third kappa shape index (κ3) is 3.59. The van der Waals surface area contributed by atoms with Crippen molar-refractivity contribution in [2.24, 2.45) is 5.73 Å². The summed E-state index contributed by atoms with van der Waals surface area (Å²) in [7, 11) is 4.63. The summed E-state index contributed by atoms with van der Waals surface area (Å²) < 4.78 is 15.9. The van der Waals surface area contributed by atoms with E-state index >= 15 is 0 Å². The second kappa shape index (κ2) is 8.10. The van der Waals surface area contributed by atoms with Gasteiger partial charge < -0.3 is 19.9 Å². The van der Waals surface area contributed by atoms with Gasteiger partial charge in [0.15, 0.2) is 0 Å². The van der Waals surface area contributed by atoms with Crippen LogP contribution in [0.2, 0.25) is 0 Å². The second-order valence-electron chi connectivity index (χ2n) is 6.19. The van der Waals surface area contributed by atoms with Gasteiger partial charge in [-0.3, -0.25) is 4.79 Å². The Hall–Kier alpha value is -3.05. The fraction of sp³-hybridized carbons (Fsp3) is 0.227. The first-order valence-corrected chi connectivity index (χ1v) is 8.66. The third-order valence-electron chi connectivity index (χ3n) is 4.65. The maximum Gasteiger partial charge on any atom is 0.322 e. The fourth-order valence-corrected chi connectivity index (χ4v) is 3.36. The monoisotopic (exact) mass is 365 g/mol. The Bertz CT molecular complexity index is 945. The molecular weight excluding hydrogens is 342 g/mol. The summed E-state index contributed by atoms with van der Waals surface area (Å²) in [6, 6.07) is 17.0. The molecule has 0 bridgehead atoms. The number of ether oxygens (including phenoxy) is 3. The van der Waals surface area contributed by atoms with Crippen LogP contribution in [0.5, 0.6) is 11.5 Å². The molecule has 0 saturated heterocycles. The van der Waals surface area contributed by atoms with Crippen LogP contribution in [0.3, 0.4) is 0 Å². The summed E-state index contributed by atoms with van der Waals surface area (Å²) in [6.07, 6.45) is 0.399. The van der Waals surface area contributed by atoms with Crippen LogP contribution in [-0.2, 0) is 16.0 Å². The Balaban J connectivity index is 2.18. The Morgan fingerprint density at radius 2 is 1.48 bits per heavy atom. The SMILES string of the molecule is COC(=O)[C@@H](N)Cc1cccc2c(-c3c(OC)cccc3OC)cccc12. The van der Waals surface area contributed by atoms with Crippen molar-refractivity contribution in [2.45, 2.75) is 12.5 Å². The zero-order chi connectivity index (χ0) is 19.4. The first kappa shape index (κ1) is 18.7. The Kier molecular flexibility index (Phi) is 5.62. The minimum Gasteiger partial charge on any atom is -0.496 e. The third-order valence-corrected chi connectivity index (χ3v) is 4.65. The number of fused-ring (bicyclic) bond motifs is 1. The molecule has 140 valence electrons. The molecule has 0 aliphatic rings. The lowest BCUT2D eigenvalue weighted by atomic mass is 9.92. The van der Waals surface area contributed by atoms with Gasteiger partial charge >= 0.3 is 5.97 Å². The van der Waals surface area contributed by atoms with Gasteiger partial charge in [0.1, 0.15) is 17.5 Å². The van der Waals surface area contributed by atoms with E-state index < -0.39 is 12.0 Å². The molecule has 0 spiro atoms. The van der Waals surface area contributed by atoms with Gasteiger partial charge in [0, 0.05) is 0 Å². The average molecular weight is 365 g/mol. The van der Waals surface area contributed by atoms with Crippen LogP contribution >= 0.6 is 0 Å². The largest absolute Gasteiger partial charge is 0.496 e. The quantitative estimate of drug-likeness (QED) is 0.676. The molecule has 27 heavy (non-hydrogen) atoms. The Morgan fingerprint density at radius 3 is 2.11 bits per heavy atom. The molecule has 0 radical (unpaired) electrons. The number of carbonyl (C=O) groups is 1. The Labute approximate surface area is 158 Å². The zero-order valence-electron chi connectivity index (χ0n) is 15.7. The molecule has 0 unspecified atom stereocenters. The number of hydrogen-bond acceptors (Lipinski definition) is 5. The smallest absolute Gasteiger partial charge is 0.322 e. The van der Waals surface area contributed by atoms with E-state index in [-0.39, 0.29) is 0 Å². The highest BCUT2D eigenvalue weighted by molar-refractivity contribution is 6.01. The first-order valence-electron chi connectivity index (χ1n) is 8.66. The van der Waals surface area contributed by atoms with Crippen LogP contribution in [0.15, 0.2) is 54.6 Å². The molecule has 3 aromatic rings. The van der Waals surface area contributed by atoms with Crippen LogP contribution in [0.25, 0.3) is 21.9 Å². The van der Waals surface area contributed by atoms with E-state index in [1.165, 1.54) is 7.11 Å². The summed E-state index contributed by atoms with van der Waals surface area (Å²) >= 11 is 0. The number of nitrogens with two attached hydrogens (primary N) is 1. The van der Waals surface area contributed by atoms with Crippen molar-refractivity contribution in [2.75, 3.05) is 21.3 Å². The van der Waals surface area contributed by atoms with Gasteiger partial charge in [0.2, 0.25) is 0 Å². The summed E-state index contributed by atoms with van der Waals surface area (Å²) in [4.78, 5) is 11.7. The fourth-order valence-electron chi connectivity index (χ4n) is 3.36. The van der Waals surface area contributed by atoms with Crippen molar-refractivity contribution in [1.29, 1.82) is 0 Å². The van der Waals surface area contributed by atoms with E-state index in [4.69, 9.17) is 19.9 Å². The average Bonchev–Trinajstić information content (AvgIpc) is 2.72. The van der Waals surface area contributed by atoms with Crippen molar-refractivity contribution < 1.29 is 19.0 Å². The minimum absolute atomic E-state index is 0.399. The van der Waals surface area contributed by atoms with Crippen LogP contribution in [-0.4, -0.2) is 33.3 Å². The molecule has 3 rings (SSSR count). The number of hydrogen-bond donors (Lipinski definition) is 1. The molecule has 0 aliphatic heterocycles. The van der Waals surface area contributed by atoms with Gasteiger partial charge in [-0.25, -0.2) is 0 Å². The maximum absolute atomic E-state index is 11.7. The predicted molar refractivity (Wildman–Crippen MR) is 106 cm³/mol. The first-order chi connectivity index (χ1) is 13.1. The van der Waals surface area contributed by atoms with Crippen molar-refractivity contribution in [3.63, 3.8) is 0 Å². The second-order valence-corrected chi connectivity index (χ2v) is 6.19. The molecule has 0 amide bonds. The lowest BCUT2D eigenvalue weighted by molar-refractivity contribution is -0.142. The van der Waals surface area contributed by atoms with Gasteiger partial charge in [-0.05, 0) is 40.5 Å². The zero-order valence-corrected chi connectivity index (χ0v) is 15.7. The lowest BCUT2D eigenvalue weighted by Gasteiger charge is -2.17. The molecular formula is C22H23NO4. The molecule has 3 aromatic carbocycles. The molecule has 1 atom stereocenters. The highest BCUT2D eigenvalue weighted by atomic mass is 16.5. The highest BCUT2D eigenvalue weighted by Crippen LogP contribution is 2.41. The maximum atomic E-state index is 11.7. The van der Waals surface area contributed by atoms with E-state index in [2.05, 4.69) is 0 Å². The van der Waals surface area contributed by atoms with Gasteiger partial charge in [-0.2, -0.15) is 0 Å².